The van der Waals surface area contributed by atoms with E-state index in [9.17, 15) is 18.0 Å². The van der Waals surface area contributed by atoms with Crippen molar-refractivity contribution in [3.05, 3.63) is 94.5 Å². The van der Waals surface area contributed by atoms with Gasteiger partial charge in [0.25, 0.3) is 21.8 Å². The van der Waals surface area contributed by atoms with E-state index in [2.05, 4.69) is 4.72 Å². The molecule has 0 saturated heterocycles. The Balaban J connectivity index is 1.51. The van der Waals surface area contributed by atoms with Gasteiger partial charge in [-0.2, -0.15) is 0 Å². The first-order valence-electron chi connectivity index (χ1n) is 8.68. The van der Waals surface area contributed by atoms with Gasteiger partial charge in [0.2, 0.25) is 0 Å². The Bertz CT molecular complexity index is 1190. The van der Waals surface area contributed by atoms with Gasteiger partial charge in [-0.1, -0.05) is 41.9 Å². The van der Waals surface area contributed by atoms with Crippen molar-refractivity contribution >= 4 is 39.1 Å². The molecule has 4 rings (SSSR count). The normalized spacial score (nSPS) is 13.5. The van der Waals surface area contributed by atoms with Crippen molar-refractivity contribution in [1.29, 1.82) is 0 Å². The van der Waals surface area contributed by atoms with E-state index in [0.29, 0.717) is 27.4 Å². The molecule has 0 fully saturated rings. The van der Waals surface area contributed by atoms with E-state index < -0.39 is 10.0 Å². The van der Waals surface area contributed by atoms with E-state index in [0.717, 1.165) is 4.90 Å². The number of rotatable bonds is 5. The molecule has 1 aliphatic heterocycles. The van der Waals surface area contributed by atoms with Crippen LogP contribution in [0.5, 0.6) is 0 Å². The van der Waals surface area contributed by atoms with Gasteiger partial charge in [0.1, 0.15) is 0 Å². The maximum Gasteiger partial charge on any atom is 0.261 e. The number of nitrogens with one attached hydrogen (secondary N) is 1. The molecular weight excluding hydrogens is 412 g/mol. The topological polar surface area (TPSA) is 83.6 Å². The highest BCUT2D eigenvalue weighted by atomic mass is 35.5. The Labute approximate surface area is 172 Å². The SMILES string of the molecule is O=C1c2ccccc2C(=O)N1Cc1ccc(S(=O)(=O)Nc2cccc(Cl)c2)cc1. The number of halogens is 1. The van der Waals surface area contributed by atoms with Crippen LogP contribution in [-0.4, -0.2) is 25.1 Å². The molecule has 0 spiro atoms. The van der Waals surface area contributed by atoms with Gasteiger partial charge in [-0.25, -0.2) is 8.42 Å². The zero-order chi connectivity index (χ0) is 20.6. The molecule has 1 N–H and O–H groups in total. The number of imide groups is 1. The van der Waals surface area contributed by atoms with Gasteiger partial charge < -0.3 is 0 Å². The summed E-state index contributed by atoms with van der Waals surface area (Å²) in [5.41, 5.74) is 1.75. The Morgan fingerprint density at radius 1 is 0.828 bits per heavy atom. The molecule has 2 amide bonds. The van der Waals surface area contributed by atoms with Crippen LogP contribution in [0.15, 0.2) is 77.7 Å². The lowest BCUT2D eigenvalue weighted by molar-refractivity contribution is 0.0642. The van der Waals surface area contributed by atoms with Crippen molar-refractivity contribution in [2.45, 2.75) is 11.4 Å². The number of carbonyl (C=O) groups excluding carboxylic acids is 2. The van der Waals surface area contributed by atoms with Crippen molar-refractivity contribution in [2.75, 3.05) is 4.72 Å². The molecule has 0 unspecified atom stereocenters. The van der Waals surface area contributed by atoms with Gasteiger partial charge in [0.05, 0.1) is 28.3 Å². The molecule has 8 heteroatoms. The van der Waals surface area contributed by atoms with Gasteiger partial charge in [-0.3, -0.25) is 19.2 Å². The van der Waals surface area contributed by atoms with Crippen LogP contribution < -0.4 is 4.72 Å². The van der Waals surface area contributed by atoms with Gasteiger partial charge in [0.15, 0.2) is 0 Å². The van der Waals surface area contributed by atoms with Gasteiger partial charge in [-0.05, 0) is 48.0 Å². The predicted molar refractivity (Wildman–Crippen MR) is 109 cm³/mol. The van der Waals surface area contributed by atoms with Gasteiger partial charge >= 0.3 is 0 Å². The van der Waals surface area contributed by atoms with Crippen molar-refractivity contribution < 1.29 is 18.0 Å². The molecule has 3 aromatic rings. The third kappa shape index (κ3) is 3.74. The largest absolute Gasteiger partial charge is 0.280 e. The van der Waals surface area contributed by atoms with E-state index in [4.69, 9.17) is 11.6 Å². The second-order valence-corrected chi connectivity index (χ2v) is 8.62. The number of nitrogens with zero attached hydrogens (tertiary/aromatic N) is 1. The first-order valence-corrected chi connectivity index (χ1v) is 10.5. The summed E-state index contributed by atoms with van der Waals surface area (Å²) in [5, 5.41) is 0.418. The fourth-order valence-electron chi connectivity index (χ4n) is 3.11. The van der Waals surface area contributed by atoms with Crippen molar-refractivity contribution in [3.8, 4) is 0 Å². The number of amides is 2. The van der Waals surface area contributed by atoms with Crippen LogP contribution in [0.3, 0.4) is 0 Å². The van der Waals surface area contributed by atoms with Crippen LogP contribution in [0.2, 0.25) is 5.02 Å². The Morgan fingerprint density at radius 2 is 1.45 bits per heavy atom. The van der Waals surface area contributed by atoms with Crippen LogP contribution in [0.4, 0.5) is 5.69 Å². The Morgan fingerprint density at radius 3 is 2.03 bits per heavy atom. The second kappa shape index (κ2) is 7.35. The molecule has 1 aliphatic rings. The summed E-state index contributed by atoms with van der Waals surface area (Å²) in [6, 6.07) is 19.1. The Hall–Kier alpha value is -3.16. The number of sulfonamides is 1. The lowest BCUT2D eigenvalue weighted by atomic mass is 10.1. The van der Waals surface area contributed by atoms with Crippen LogP contribution in [-0.2, 0) is 16.6 Å². The lowest BCUT2D eigenvalue weighted by Gasteiger charge is -2.14. The lowest BCUT2D eigenvalue weighted by Crippen LogP contribution is -2.29. The first-order chi connectivity index (χ1) is 13.8. The van der Waals surface area contributed by atoms with E-state index in [1.165, 1.54) is 18.2 Å². The third-order valence-corrected chi connectivity index (χ3v) is 6.16. The quantitative estimate of drug-likeness (QED) is 0.626. The number of hydrogen-bond donors (Lipinski definition) is 1. The molecule has 6 nitrogen and oxygen atoms in total. The highest BCUT2D eigenvalue weighted by molar-refractivity contribution is 7.92. The summed E-state index contributed by atoms with van der Waals surface area (Å²) in [7, 11) is -3.80. The average Bonchev–Trinajstić information content (AvgIpc) is 2.93. The summed E-state index contributed by atoms with van der Waals surface area (Å²) in [6.07, 6.45) is 0. The first kappa shape index (κ1) is 19.2. The van der Waals surface area contributed by atoms with Crippen LogP contribution in [0, 0.1) is 0 Å². The van der Waals surface area contributed by atoms with E-state index >= 15 is 0 Å². The Kier molecular flexibility index (Phi) is 4.86. The smallest absolute Gasteiger partial charge is 0.261 e. The minimum Gasteiger partial charge on any atom is -0.280 e. The van der Waals surface area contributed by atoms with Crippen LogP contribution >= 0.6 is 11.6 Å². The number of carbonyl (C=O) groups is 2. The summed E-state index contributed by atoms with van der Waals surface area (Å²) >= 11 is 5.88. The van der Waals surface area contributed by atoms with Crippen LogP contribution in [0.1, 0.15) is 26.3 Å². The molecule has 1 heterocycles. The molecule has 0 atom stereocenters. The number of benzene rings is 3. The fourth-order valence-corrected chi connectivity index (χ4v) is 4.35. The summed E-state index contributed by atoms with van der Waals surface area (Å²) in [5.74, 6) is -0.713. The van der Waals surface area contributed by atoms with Crippen LogP contribution in [0.25, 0.3) is 0 Å². The fraction of sp³-hybridized carbons (Fsp3) is 0.0476. The molecule has 0 aromatic heterocycles. The average molecular weight is 427 g/mol. The van der Waals surface area contributed by atoms with E-state index in [1.807, 2.05) is 0 Å². The standard InChI is InChI=1S/C21H15ClN2O4S/c22-15-4-3-5-16(12-15)23-29(27,28)17-10-8-14(9-11-17)13-24-20(25)18-6-1-2-7-19(18)21(24)26/h1-12,23H,13H2. The van der Waals surface area contributed by atoms with E-state index in [1.54, 1.807) is 54.6 Å². The molecular formula is C21H15ClN2O4S. The molecule has 0 radical (unpaired) electrons. The third-order valence-electron chi connectivity index (χ3n) is 4.53. The molecule has 3 aromatic carbocycles. The second-order valence-electron chi connectivity index (χ2n) is 6.50. The van der Waals surface area contributed by atoms with Gasteiger partial charge in [-0.15, -0.1) is 0 Å². The zero-order valence-corrected chi connectivity index (χ0v) is 16.6. The number of hydrogen-bond acceptors (Lipinski definition) is 4. The maximum absolute atomic E-state index is 12.5. The summed E-state index contributed by atoms with van der Waals surface area (Å²) in [4.78, 5) is 26.1. The highest BCUT2D eigenvalue weighted by Crippen LogP contribution is 2.25. The van der Waals surface area contributed by atoms with Crippen molar-refractivity contribution in [3.63, 3.8) is 0 Å². The minimum absolute atomic E-state index is 0.0589. The number of fused-ring (bicyclic) bond motifs is 1. The maximum atomic E-state index is 12.5. The molecule has 0 aliphatic carbocycles. The predicted octanol–water partition coefficient (Wildman–Crippen LogP) is 3.94. The highest BCUT2D eigenvalue weighted by Gasteiger charge is 2.34. The number of anilines is 1. The monoisotopic (exact) mass is 426 g/mol. The summed E-state index contributed by atoms with van der Waals surface area (Å²) in [6.45, 7) is 0.0639. The molecule has 29 heavy (non-hydrogen) atoms. The minimum atomic E-state index is -3.80. The van der Waals surface area contributed by atoms with Crippen molar-refractivity contribution in [2.24, 2.45) is 0 Å². The van der Waals surface area contributed by atoms with Crippen molar-refractivity contribution in [1.82, 2.24) is 4.90 Å². The molecule has 0 bridgehead atoms. The zero-order valence-electron chi connectivity index (χ0n) is 15.0. The molecule has 0 saturated carbocycles. The van der Waals surface area contributed by atoms with E-state index in [-0.39, 0.29) is 23.3 Å². The summed E-state index contributed by atoms with van der Waals surface area (Å²) < 4.78 is 27.6. The van der Waals surface area contributed by atoms with Gasteiger partial charge in [0, 0.05) is 5.02 Å². The molecule has 146 valence electrons.